The highest BCUT2D eigenvalue weighted by Gasteiger charge is 2.46. The molecule has 170 valence electrons. The monoisotopic (exact) mass is 459 g/mol. The van der Waals surface area contributed by atoms with Gasteiger partial charge in [0.15, 0.2) is 0 Å². The minimum Gasteiger partial charge on any atom is -0.507 e. The molecule has 0 bridgehead atoms. The minimum absolute atomic E-state index is 0.0252. The number of hydrogen-bond acceptors (Lipinski definition) is 5. The first-order valence-electron chi connectivity index (χ1n) is 10.4. The second kappa shape index (κ2) is 10.1. The zero-order valence-corrected chi connectivity index (χ0v) is 19.4. The molecule has 32 heavy (non-hydrogen) atoms. The molecule has 1 aliphatic rings. The summed E-state index contributed by atoms with van der Waals surface area (Å²) in [4.78, 5) is 28.7. The van der Waals surface area contributed by atoms with E-state index >= 15 is 0 Å². The molecule has 2 N–H and O–H groups in total. The highest BCUT2D eigenvalue weighted by Crippen LogP contribution is 2.40. The Morgan fingerprint density at radius 1 is 1.19 bits per heavy atom. The van der Waals surface area contributed by atoms with Crippen molar-refractivity contribution in [3.63, 3.8) is 0 Å². The number of aliphatic hydroxyl groups is 1. The number of rotatable bonds is 8. The number of nitrogens with one attached hydrogen (secondary N) is 1. The van der Waals surface area contributed by atoms with Gasteiger partial charge in [0.05, 0.1) is 57.5 Å². The second-order valence-corrected chi connectivity index (χ2v) is 8.21. The molecule has 1 saturated heterocycles. The summed E-state index contributed by atoms with van der Waals surface area (Å²) in [7, 11) is 5.49. The zero-order valence-electron chi connectivity index (χ0n) is 18.6. The van der Waals surface area contributed by atoms with Gasteiger partial charge in [-0.3, -0.25) is 9.59 Å². The van der Waals surface area contributed by atoms with Gasteiger partial charge in [-0.05, 0) is 42.8 Å². The summed E-state index contributed by atoms with van der Waals surface area (Å²) < 4.78 is 10.8. The highest BCUT2D eigenvalue weighted by molar-refractivity contribution is 6.46. The summed E-state index contributed by atoms with van der Waals surface area (Å²) in [5.41, 5.74) is 1.04. The molecule has 0 spiro atoms. The quantitative estimate of drug-likeness (QED) is 0.360. The summed E-state index contributed by atoms with van der Waals surface area (Å²) in [5.74, 6) is -0.576. The zero-order chi connectivity index (χ0) is 23.4. The third-order valence-corrected chi connectivity index (χ3v) is 5.60. The maximum Gasteiger partial charge on any atom is 0.295 e. The third-order valence-electron chi connectivity index (χ3n) is 5.31. The first-order chi connectivity index (χ1) is 15.3. The Morgan fingerprint density at radius 3 is 2.56 bits per heavy atom. The molecule has 1 amide bonds. The van der Waals surface area contributed by atoms with E-state index in [0.29, 0.717) is 47.3 Å². The van der Waals surface area contributed by atoms with E-state index in [9.17, 15) is 14.7 Å². The van der Waals surface area contributed by atoms with E-state index in [1.54, 1.807) is 37.4 Å². The van der Waals surface area contributed by atoms with Crippen LogP contribution in [0.3, 0.4) is 0 Å². The summed E-state index contributed by atoms with van der Waals surface area (Å²) in [5, 5.41) is 11.5. The normalized spacial score (nSPS) is 17.8. The van der Waals surface area contributed by atoms with Crippen LogP contribution in [0.15, 0.2) is 48.0 Å². The Bertz CT molecular complexity index is 1050. The highest BCUT2D eigenvalue weighted by atomic mass is 35.5. The first-order valence-corrected chi connectivity index (χ1v) is 10.8. The van der Waals surface area contributed by atoms with Crippen LogP contribution in [-0.4, -0.2) is 62.6 Å². The van der Waals surface area contributed by atoms with Crippen LogP contribution in [0.5, 0.6) is 11.5 Å². The standard InChI is InChI=1S/C24H27ClN2O5/c1-5-32-19-10-9-16(14-18(19)25)22(28)20-21(15-7-6-8-17(13-15)31-4)27(12-11-26(2)3)24(30)23(20)29/h6-10,13-14,21,28H,5,11-12H2,1-4H3/p+1/t21-/m0/s1. The molecular weight excluding hydrogens is 432 g/mol. The SMILES string of the molecule is CCOc1ccc(C(O)=C2C(=O)C(=O)N(CC[NH+](C)C)[C@H]2c2cccc(OC)c2)cc1Cl. The molecule has 0 unspecified atom stereocenters. The molecule has 3 rings (SSSR count). The minimum atomic E-state index is -0.741. The maximum absolute atomic E-state index is 13.1. The Kier molecular flexibility index (Phi) is 7.43. The summed E-state index contributed by atoms with van der Waals surface area (Å²) in [6, 6.07) is 11.2. The molecule has 1 aliphatic heterocycles. The number of halogens is 1. The Labute approximate surface area is 192 Å². The van der Waals surface area contributed by atoms with Gasteiger partial charge in [-0.25, -0.2) is 0 Å². The van der Waals surface area contributed by atoms with Gasteiger partial charge in [0, 0.05) is 5.56 Å². The fraction of sp³-hybridized carbons (Fsp3) is 0.333. The lowest BCUT2D eigenvalue weighted by molar-refractivity contribution is -0.857. The van der Waals surface area contributed by atoms with Gasteiger partial charge in [-0.1, -0.05) is 23.7 Å². The van der Waals surface area contributed by atoms with Crippen molar-refractivity contribution in [3.05, 3.63) is 64.2 Å². The lowest BCUT2D eigenvalue weighted by atomic mass is 9.95. The fourth-order valence-corrected chi connectivity index (χ4v) is 3.92. The van der Waals surface area contributed by atoms with Crippen LogP contribution in [0.25, 0.3) is 5.76 Å². The average molecular weight is 460 g/mol. The number of aliphatic hydroxyl groups excluding tert-OH is 1. The molecule has 8 heteroatoms. The van der Waals surface area contributed by atoms with Gasteiger partial charge in [0.25, 0.3) is 11.7 Å². The van der Waals surface area contributed by atoms with Crippen molar-refractivity contribution in [2.24, 2.45) is 0 Å². The lowest BCUT2D eigenvalue weighted by Crippen LogP contribution is -3.06. The van der Waals surface area contributed by atoms with Crippen LogP contribution in [0, 0.1) is 0 Å². The molecule has 0 saturated carbocycles. The number of ketones is 1. The number of methoxy groups -OCH3 is 1. The molecule has 0 aliphatic carbocycles. The summed E-state index contributed by atoms with van der Waals surface area (Å²) in [6.45, 7) is 3.28. The van der Waals surface area contributed by atoms with Gasteiger partial charge in [-0.15, -0.1) is 0 Å². The molecule has 7 nitrogen and oxygen atoms in total. The molecule has 2 aromatic rings. The maximum atomic E-state index is 13.1. The topological polar surface area (TPSA) is 80.5 Å². The Hall–Kier alpha value is -3.03. The number of likely N-dealkylation sites (N-methyl/N-ethyl adjacent to an activating group) is 1. The van der Waals surface area contributed by atoms with Gasteiger partial charge >= 0.3 is 0 Å². The van der Waals surface area contributed by atoms with Gasteiger partial charge < -0.3 is 24.4 Å². The van der Waals surface area contributed by atoms with Gasteiger partial charge in [-0.2, -0.15) is 0 Å². The number of carbonyl (C=O) groups excluding carboxylic acids is 2. The van der Waals surface area contributed by atoms with Crippen LogP contribution >= 0.6 is 11.6 Å². The smallest absolute Gasteiger partial charge is 0.295 e. The molecular formula is C24H28ClN2O5+. The summed E-state index contributed by atoms with van der Waals surface area (Å²) in [6.07, 6.45) is 0. The number of hydrogen-bond donors (Lipinski definition) is 2. The molecule has 2 aromatic carbocycles. The third kappa shape index (κ3) is 4.74. The predicted molar refractivity (Wildman–Crippen MR) is 122 cm³/mol. The van der Waals surface area contributed by atoms with Crippen LogP contribution < -0.4 is 14.4 Å². The molecule has 0 aromatic heterocycles. The van der Waals surface area contributed by atoms with Crippen molar-refractivity contribution in [2.75, 3.05) is 40.9 Å². The van der Waals surface area contributed by atoms with Crippen LogP contribution in [-0.2, 0) is 9.59 Å². The fourth-order valence-electron chi connectivity index (χ4n) is 3.69. The Morgan fingerprint density at radius 2 is 1.94 bits per heavy atom. The lowest BCUT2D eigenvalue weighted by Gasteiger charge is -2.26. The Balaban J connectivity index is 2.14. The predicted octanol–water partition coefficient (Wildman–Crippen LogP) is 2.31. The van der Waals surface area contributed by atoms with E-state index in [1.807, 2.05) is 27.1 Å². The van der Waals surface area contributed by atoms with Crippen molar-refractivity contribution >= 4 is 29.1 Å². The van der Waals surface area contributed by atoms with Crippen molar-refractivity contribution in [2.45, 2.75) is 13.0 Å². The molecule has 1 atom stereocenters. The van der Waals surface area contributed by atoms with Crippen molar-refractivity contribution in [1.82, 2.24) is 4.90 Å². The number of benzene rings is 2. The van der Waals surface area contributed by atoms with Crippen LogP contribution in [0.4, 0.5) is 0 Å². The molecule has 0 radical (unpaired) electrons. The van der Waals surface area contributed by atoms with E-state index in [0.717, 1.165) is 4.90 Å². The van der Waals surface area contributed by atoms with Crippen molar-refractivity contribution < 1.29 is 29.1 Å². The largest absolute Gasteiger partial charge is 0.507 e. The van der Waals surface area contributed by atoms with Gasteiger partial charge in [0.2, 0.25) is 0 Å². The number of likely N-dealkylation sites (tertiary alicyclic amines) is 1. The van der Waals surface area contributed by atoms with Crippen LogP contribution in [0.2, 0.25) is 5.02 Å². The summed E-state index contributed by atoms with van der Waals surface area (Å²) >= 11 is 6.29. The number of quaternary nitrogens is 1. The number of nitrogens with zero attached hydrogens (tertiary/aromatic N) is 1. The van der Waals surface area contributed by atoms with E-state index in [1.165, 1.54) is 11.0 Å². The number of ether oxygens (including phenoxy) is 2. The number of carbonyl (C=O) groups is 2. The van der Waals surface area contributed by atoms with E-state index in [2.05, 4.69) is 0 Å². The van der Waals surface area contributed by atoms with E-state index in [-0.39, 0.29) is 11.3 Å². The van der Waals surface area contributed by atoms with Gasteiger partial charge in [0.1, 0.15) is 17.3 Å². The van der Waals surface area contributed by atoms with Crippen LogP contribution in [0.1, 0.15) is 24.1 Å². The van der Waals surface area contributed by atoms with Crippen molar-refractivity contribution in [1.29, 1.82) is 0 Å². The van der Waals surface area contributed by atoms with Crippen molar-refractivity contribution in [3.8, 4) is 11.5 Å². The number of Topliss-reactive ketones (excluding diaryl/α,β-unsaturated/α-hetero) is 1. The van der Waals surface area contributed by atoms with E-state index in [4.69, 9.17) is 21.1 Å². The number of amides is 1. The second-order valence-electron chi connectivity index (χ2n) is 7.80. The first kappa shape index (κ1) is 23.6. The average Bonchev–Trinajstić information content (AvgIpc) is 3.03. The molecule has 1 heterocycles. The molecule has 1 fully saturated rings. The van der Waals surface area contributed by atoms with E-state index < -0.39 is 17.7 Å².